The van der Waals surface area contributed by atoms with Crippen LogP contribution in [0.4, 0.5) is 10.1 Å². The fourth-order valence-corrected chi connectivity index (χ4v) is 3.17. The summed E-state index contributed by atoms with van der Waals surface area (Å²) in [7, 11) is 1.66. The molecule has 5 heteroatoms. The SMILES string of the molecule is COc1cccc(N2CCO[C@H]2c2ccn(-c3ccccc3F)c2)c1. The van der Waals surface area contributed by atoms with E-state index in [0.29, 0.717) is 12.3 Å². The zero-order valence-corrected chi connectivity index (χ0v) is 13.9. The van der Waals surface area contributed by atoms with Crippen molar-refractivity contribution in [3.05, 3.63) is 78.4 Å². The van der Waals surface area contributed by atoms with Gasteiger partial charge in [-0.2, -0.15) is 0 Å². The molecule has 0 unspecified atom stereocenters. The van der Waals surface area contributed by atoms with Crippen LogP contribution in [0.5, 0.6) is 5.75 Å². The average Bonchev–Trinajstić information content (AvgIpc) is 3.31. The van der Waals surface area contributed by atoms with E-state index < -0.39 is 0 Å². The zero-order chi connectivity index (χ0) is 17.2. The molecule has 4 nitrogen and oxygen atoms in total. The molecule has 0 spiro atoms. The van der Waals surface area contributed by atoms with Crippen LogP contribution in [0.25, 0.3) is 5.69 Å². The molecule has 25 heavy (non-hydrogen) atoms. The number of ether oxygens (including phenoxy) is 2. The number of aromatic nitrogens is 1. The van der Waals surface area contributed by atoms with Crippen LogP contribution in [0.1, 0.15) is 11.8 Å². The topological polar surface area (TPSA) is 26.6 Å². The molecule has 128 valence electrons. The van der Waals surface area contributed by atoms with Crippen molar-refractivity contribution in [3.8, 4) is 11.4 Å². The van der Waals surface area contributed by atoms with Crippen LogP contribution in [0.2, 0.25) is 0 Å². The van der Waals surface area contributed by atoms with Crippen molar-refractivity contribution in [2.45, 2.75) is 6.23 Å². The molecule has 0 amide bonds. The molecule has 2 heterocycles. The van der Waals surface area contributed by atoms with Crippen LogP contribution >= 0.6 is 0 Å². The Morgan fingerprint density at radius 2 is 2.00 bits per heavy atom. The van der Waals surface area contributed by atoms with Crippen molar-refractivity contribution in [1.82, 2.24) is 4.57 Å². The van der Waals surface area contributed by atoms with Gasteiger partial charge in [-0.15, -0.1) is 0 Å². The highest BCUT2D eigenvalue weighted by Crippen LogP contribution is 2.34. The molecule has 0 N–H and O–H groups in total. The molecule has 1 saturated heterocycles. The highest BCUT2D eigenvalue weighted by atomic mass is 19.1. The van der Waals surface area contributed by atoms with Gasteiger partial charge in [0.25, 0.3) is 0 Å². The van der Waals surface area contributed by atoms with Gasteiger partial charge >= 0.3 is 0 Å². The second kappa shape index (κ2) is 6.61. The molecule has 1 aliphatic rings. The monoisotopic (exact) mass is 338 g/mol. The fraction of sp³-hybridized carbons (Fsp3) is 0.200. The predicted molar refractivity (Wildman–Crippen MR) is 94.8 cm³/mol. The second-order valence-electron chi connectivity index (χ2n) is 5.92. The van der Waals surface area contributed by atoms with E-state index in [2.05, 4.69) is 4.90 Å². The summed E-state index contributed by atoms with van der Waals surface area (Å²) in [5, 5.41) is 0. The average molecular weight is 338 g/mol. The lowest BCUT2D eigenvalue weighted by Crippen LogP contribution is -2.23. The number of anilines is 1. The Bertz CT molecular complexity index is 877. The first kappa shape index (κ1) is 15.7. The van der Waals surface area contributed by atoms with Crippen LogP contribution < -0.4 is 9.64 Å². The Kier molecular flexibility index (Phi) is 4.15. The lowest BCUT2D eigenvalue weighted by atomic mass is 10.2. The molecule has 1 aromatic heterocycles. The lowest BCUT2D eigenvalue weighted by Gasteiger charge is -2.25. The fourth-order valence-electron chi connectivity index (χ4n) is 3.17. The van der Waals surface area contributed by atoms with Crippen LogP contribution in [-0.2, 0) is 4.74 Å². The first-order chi connectivity index (χ1) is 12.3. The largest absolute Gasteiger partial charge is 0.497 e. The first-order valence-corrected chi connectivity index (χ1v) is 8.21. The summed E-state index contributed by atoms with van der Waals surface area (Å²) >= 11 is 0. The smallest absolute Gasteiger partial charge is 0.158 e. The molecule has 4 rings (SSSR count). The van der Waals surface area contributed by atoms with E-state index in [0.717, 1.165) is 23.5 Å². The third-order valence-electron chi connectivity index (χ3n) is 4.41. The van der Waals surface area contributed by atoms with Gasteiger partial charge in [0.2, 0.25) is 0 Å². The van der Waals surface area contributed by atoms with Crippen molar-refractivity contribution in [2.24, 2.45) is 0 Å². The molecule has 0 saturated carbocycles. The van der Waals surface area contributed by atoms with Crippen LogP contribution in [0, 0.1) is 5.82 Å². The van der Waals surface area contributed by atoms with Crippen LogP contribution in [0.15, 0.2) is 67.0 Å². The maximum atomic E-state index is 14.0. The quantitative estimate of drug-likeness (QED) is 0.715. The third kappa shape index (κ3) is 2.98. The summed E-state index contributed by atoms with van der Waals surface area (Å²) in [6.07, 6.45) is 3.58. The summed E-state index contributed by atoms with van der Waals surface area (Å²) in [5.74, 6) is 0.564. The standard InChI is InChI=1S/C20H19FN2O2/c1-24-17-6-4-5-16(13-17)23-11-12-25-20(23)15-9-10-22(14-15)19-8-3-2-7-18(19)21/h2-10,13-14,20H,11-12H2,1H3/t20-/m0/s1. The number of rotatable bonds is 4. The van der Waals surface area contributed by atoms with Crippen molar-refractivity contribution in [3.63, 3.8) is 0 Å². The van der Waals surface area contributed by atoms with E-state index in [-0.39, 0.29) is 12.0 Å². The highest BCUT2D eigenvalue weighted by Gasteiger charge is 2.28. The van der Waals surface area contributed by atoms with E-state index in [9.17, 15) is 4.39 Å². The van der Waals surface area contributed by atoms with Gasteiger partial charge in [0.05, 0.1) is 19.4 Å². The number of hydrogen-bond donors (Lipinski definition) is 0. The number of benzene rings is 2. The summed E-state index contributed by atoms with van der Waals surface area (Å²) in [4.78, 5) is 2.18. The Morgan fingerprint density at radius 3 is 2.84 bits per heavy atom. The molecule has 1 fully saturated rings. The highest BCUT2D eigenvalue weighted by molar-refractivity contribution is 5.53. The molecular formula is C20H19FN2O2. The second-order valence-corrected chi connectivity index (χ2v) is 5.92. The first-order valence-electron chi connectivity index (χ1n) is 8.21. The minimum absolute atomic E-state index is 0.194. The maximum Gasteiger partial charge on any atom is 0.158 e. The van der Waals surface area contributed by atoms with Crippen LogP contribution in [-0.4, -0.2) is 24.8 Å². The Morgan fingerprint density at radius 1 is 1.12 bits per heavy atom. The van der Waals surface area contributed by atoms with E-state index in [1.54, 1.807) is 23.8 Å². The molecule has 1 aliphatic heterocycles. The third-order valence-corrected chi connectivity index (χ3v) is 4.41. The van der Waals surface area contributed by atoms with E-state index in [4.69, 9.17) is 9.47 Å². The van der Waals surface area contributed by atoms with Gasteiger partial charge in [-0.1, -0.05) is 18.2 Å². The van der Waals surface area contributed by atoms with Gasteiger partial charge in [0, 0.05) is 36.3 Å². The van der Waals surface area contributed by atoms with Gasteiger partial charge < -0.3 is 18.9 Å². The normalized spacial score (nSPS) is 17.0. The van der Waals surface area contributed by atoms with Gasteiger partial charge in [-0.25, -0.2) is 4.39 Å². The minimum atomic E-state index is -0.248. The summed E-state index contributed by atoms with van der Waals surface area (Å²) < 4.78 is 27.1. The van der Waals surface area contributed by atoms with E-state index in [1.807, 2.05) is 48.8 Å². The molecule has 2 aromatic carbocycles. The number of halogens is 1. The van der Waals surface area contributed by atoms with E-state index >= 15 is 0 Å². The minimum Gasteiger partial charge on any atom is -0.497 e. The van der Waals surface area contributed by atoms with Gasteiger partial charge in [-0.3, -0.25) is 0 Å². The van der Waals surface area contributed by atoms with E-state index in [1.165, 1.54) is 6.07 Å². The number of para-hydroxylation sites is 1. The Labute approximate surface area is 146 Å². The van der Waals surface area contributed by atoms with Crippen LogP contribution in [0.3, 0.4) is 0 Å². The van der Waals surface area contributed by atoms with Gasteiger partial charge in [-0.05, 0) is 30.3 Å². The van der Waals surface area contributed by atoms with Crippen molar-refractivity contribution in [1.29, 1.82) is 0 Å². The Balaban J connectivity index is 1.64. The van der Waals surface area contributed by atoms with Gasteiger partial charge in [0.15, 0.2) is 6.23 Å². The number of hydrogen-bond acceptors (Lipinski definition) is 3. The zero-order valence-electron chi connectivity index (χ0n) is 13.9. The molecular weight excluding hydrogens is 319 g/mol. The molecule has 0 aliphatic carbocycles. The summed E-state index contributed by atoms with van der Waals surface area (Å²) in [5.41, 5.74) is 2.56. The molecule has 0 radical (unpaired) electrons. The lowest BCUT2D eigenvalue weighted by molar-refractivity contribution is 0.114. The molecule has 3 aromatic rings. The number of nitrogens with zero attached hydrogens (tertiary/aromatic N) is 2. The van der Waals surface area contributed by atoms with Crippen molar-refractivity contribution >= 4 is 5.69 Å². The number of methoxy groups -OCH3 is 1. The Hall–Kier alpha value is -2.79. The molecule has 0 bridgehead atoms. The summed E-state index contributed by atoms with van der Waals surface area (Å²) in [6.45, 7) is 1.44. The molecule has 1 atom stereocenters. The van der Waals surface area contributed by atoms with Gasteiger partial charge in [0.1, 0.15) is 11.6 Å². The predicted octanol–water partition coefficient (Wildman–Crippen LogP) is 4.16. The maximum absolute atomic E-state index is 14.0. The van der Waals surface area contributed by atoms with Crippen molar-refractivity contribution in [2.75, 3.05) is 25.2 Å². The van der Waals surface area contributed by atoms with Crippen molar-refractivity contribution < 1.29 is 13.9 Å². The summed E-state index contributed by atoms with van der Waals surface area (Å²) in [6, 6.07) is 16.6.